The van der Waals surface area contributed by atoms with E-state index >= 15 is 0 Å². The maximum Gasteiger partial charge on any atom is 0.336 e. The first-order valence-electron chi connectivity index (χ1n) is 12.8. The third-order valence-electron chi connectivity index (χ3n) is 6.89. The molecule has 1 saturated heterocycles. The Kier molecular flexibility index (Phi) is 8.87. The lowest BCUT2D eigenvalue weighted by Gasteiger charge is -2.37. The van der Waals surface area contributed by atoms with Crippen LogP contribution in [0.15, 0.2) is 78.9 Å². The second-order valence-corrected chi connectivity index (χ2v) is 9.35. The summed E-state index contributed by atoms with van der Waals surface area (Å²) in [6.07, 6.45) is 0.457. The standard InChI is InChI=1S/C29H37N5O3/c1-3-28(22(2)37-21-23-7-5-4-6-8-23)34(30)29(36)31-24-9-11-25(12-10-24)32-17-19-33(20-18-32)26-13-15-27(35)16-14-26/h4-16,22,28,35H,3,17-21,30H2,1-2H3,(H,31,36)/t22-,28-/m0/s1. The Balaban J connectivity index is 1.27. The third-order valence-corrected chi connectivity index (χ3v) is 6.89. The fourth-order valence-corrected chi connectivity index (χ4v) is 4.65. The van der Waals surface area contributed by atoms with Gasteiger partial charge in [0, 0.05) is 43.2 Å². The number of carbonyl (C=O) groups excluding carboxylic acids is 1. The number of phenolic OH excluding ortho intramolecular Hbond substituents is 1. The van der Waals surface area contributed by atoms with Gasteiger partial charge in [-0.25, -0.2) is 10.6 Å². The number of amides is 2. The lowest BCUT2D eigenvalue weighted by Crippen LogP contribution is -2.52. The van der Waals surface area contributed by atoms with E-state index in [0.29, 0.717) is 18.7 Å². The van der Waals surface area contributed by atoms with E-state index in [1.54, 1.807) is 12.1 Å². The Morgan fingerprint density at radius 1 is 0.946 bits per heavy atom. The smallest absolute Gasteiger partial charge is 0.336 e. The first kappa shape index (κ1) is 26.3. The highest BCUT2D eigenvalue weighted by Gasteiger charge is 2.26. The molecule has 3 aromatic rings. The minimum absolute atomic E-state index is 0.219. The van der Waals surface area contributed by atoms with Crippen molar-refractivity contribution in [2.45, 2.75) is 39.0 Å². The monoisotopic (exact) mass is 503 g/mol. The van der Waals surface area contributed by atoms with Crippen LogP contribution in [0.4, 0.5) is 21.9 Å². The minimum Gasteiger partial charge on any atom is -0.508 e. The highest BCUT2D eigenvalue weighted by atomic mass is 16.5. The summed E-state index contributed by atoms with van der Waals surface area (Å²) in [4.78, 5) is 17.5. The van der Waals surface area contributed by atoms with E-state index in [1.165, 1.54) is 5.01 Å². The van der Waals surface area contributed by atoms with Gasteiger partial charge in [0.05, 0.1) is 18.8 Å². The van der Waals surface area contributed by atoms with Crippen LogP contribution in [0, 0.1) is 0 Å². The Morgan fingerprint density at radius 3 is 2.03 bits per heavy atom. The number of hydrogen-bond acceptors (Lipinski definition) is 6. The van der Waals surface area contributed by atoms with Gasteiger partial charge in [-0.2, -0.15) is 0 Å². The van der Waals surface area contributed by atoms with Crippen molar-refractivity contribution in [3.63, 3.8) is 0 Å². The molecule has 0 radical (unpaired) electrons. The van der Waals surface area contributed by atoms with Crippen LogP contribution < -0.4 is 21.0 Å². The van der Waals surface area contributed by atoms with Crippen LogP contribution >= 0.6 is 0 Å². The molecule has 37 heavy (non-hydrogen) atoms. The zero-order valence-electron chi connectivity index (χ0n) is 21.6. The molecule has 3 aromatic carbocycles. The van der Waals surface area contributed by atoms with Gasteiger partial charge in [0.2, 0.25) is 0 Å². The van der Waals surface area contributed by atoms with Gasteiger partial charge in [-0.1, -0.05) is 37.3 Å². The molecule has 1 aliphatic rings. The molecule has 1 heterocycles. The molecule has 4 rings (SSSR count). The van der Waals surface area contributed by atoms with Crippen molar-refractivity contribution in [2.75, 3.05) is 41.3 Å². The first-order chi connectivity index (χ1) is 17.9. The molecular formula is C29H37N5O3. The molecule has 8 nitrogen and oxygen atoms in total. The fraction of sp³-hybridized carbons (Fsp3) is 0.345. The Bertz CT molecular complexity index is 1120. The number of urea groups is 1. The second-order valence-electron chi connectivity index (χ2n) is 9.35. The molecule has 4 N–H and O–H groups in total. The van der Waals surface area contributed by atoms with Crippen LogP contribution in [0.5, 0.6) is 5.75 Å². The van der Waals surface area contributed by atoms with E-state index in [-0.39, 0.29) is 23.9 Å². The summed E-state index contributed by atoms with van der Waals surface area (Å²) in [5.41, 5.74) is 4.01. The van der Waals surface area contributed by atoms with Crippen molar-refractivity contribution >= 4 is 23.1 Å². The summed E-state index contributed by atoms with van der Waals surface area (Å²) < 4.78 is 6.00. The second kappa shape index (κ2) is 12.5. The maximum atomic E-state index is 12.9. The zero-order valence-corrected chi connectivity index (χ0v) is 21.6. The average Bonchev–Trinajstić information content (AvgIpc) is 2.94. The SMILES string of the molecule is CC[C@@H]([C@H](C)OCc1ccccc1)N(N)C(=O)Nc1ccc(N2CCN(c3ccc(O)cc3)CC2)cc1. The van der Waals surface area contributed by atoms with Crippen molar-refractivity contribution in [3.05, 3.63) is 84.4 Å². The van der Waals surface area contributed by atoms with Gasteiger partial charge in [-0.05, 0) is 67.4 Å². The van der Waals surface area contributed by atoms with Crippen LogP contribution in [0.3, 0.4) is 0 Å². The fourth-order valence-electron chi connectivity index (χ4n) is 4.65. The lowest BCUT2D eigenvalue weighted by atomic mass is 10.1. The summed E-state index contributed by atoms with van der Waals surface area (Å²) >= 11 is 0. The van der Waals surface area contributed by atoms with E-state index in [0.717, 1.165) is 43.1 Å². The van der Waals surface area contributed by atoms with E-state index < -0.39 is 0 Å². The summed E-state index contributed by atoms with van der Waals surface area (Å²) in [5, 5.41) is 13.7. The highest BCUT2D eigenvalue weighted by molar-refractivity contribution is 5.89. The molecule has 8 heteroatoms. The predicted molar refractivity (Wildman–Crippen MR) is 149 cm³/mol. The van der Waals surface area contributed by atoms with Crippen LogP contribution in [0.2, 0.25) is 0 Å². The number of piperazine rings is 1. The Labute approximate surface area is 219 Å². The number of aromatic hydroxyl groups is 1. The maximum absolute atomic E-state index is 12.9. The van der Waals surface area contributed by atoms with Gasteiger partial charge in [-0.3, -0.25) is 5.01 Å². The molecule has 0 spiro atoms. The topological polar surface area (TPSA) is 94.3 Å². The molecule has 196 valence electrons. The first-order valence-corrected chi connectivity index (χ1v) is 12.8. The van der Waals surface area contributed by atoms with E-state index in [4.69, 9.17) is 10.6 Å². The van der Waals surface area contributed by atoms with Crippen molar-refractivity contribution in [3.8, 4) is 5.75 Å². The summed E-state index contributed by atoms with van der Waals surface area (Å²) in [5.74, 6) is 6.50. The molecule has 0 aliphatic carbocycles. The van der Waals surface area contributed by atoms with Gasteiger partial charge >= 0.3 is 6.03 Å². The number of rotatable bonds is 9. The molecule has 1 fully saturated rings. The molecule has 0 unspecified atom stereocenters. The number of nitrogens with zero attached hydrogens (tertiary/aromatic N) is 3. The molecular weight excluding hydrogens is 466 g/mol. The number of nitrogens with two attached hydrogens (primary N) is 1. The van der Waals surface area contributed by atoms with Crippen molar-refractivity contribution in [1.82, 2.24) is 5.01 Å². The normalized spacial score (nSPS) is 15.2. The zero-order chi connectivity index (χ0) is 26.2. The predicted octanol–water partition coefficient (Wildman–Crippen LogP) is 4.81. The lowest BCUT2D eigenvalue weighted by molar-refractivity contribution is -0.00214. The van der Waals surface area contributed by atoms with E-state index in [9.17, 15) is 9.90 Å². The minimum atomic E-state index is -0.364. The molecule has 1 aliphatic heterocycles. The van der Waals surface area contributed by atoms with Gasteiger partial charge < -0.3 is 25.0 Å². The highest BCUT2D eigenvalue weighted by Crippen LogP contribution is 2.24. The van der Waals surface area contributed by atoms with Crippen molar-refractivity contribution < 1.29 is 14.6 Å². The third kappa shape index (κ3) is 6.93. The number of hydrogen-bond donors (Lipinski definition) is 3. The van der Waals surface area contributed by atoms with Crippen LogP contribution in [-0.4, -0.2) is 54.5 Å². The van der Waals surface area contributed by atoms with Gasteiger partial charge in [0.25, 0.3) is 0 Å². The van der Waals surface area contributed by atoms with E-state index in [1.807, 2.05) is 80.6 Å². The summed E-state index contributed by atoms with van der Waals surface area (Å²) in [6, 6.07) is 24.5. The summed E-state index contributed by atoms with van der Waals surface area (Å²) in [6.45, 7) is 7.99. The number of hydrazine groups is 1. The molecule has 0 bridgehead atoms. The Hall–Kier alpha value is -3.75. The number of ether oxygens (including phenoxy) is 1. The molecule has 0 aromatic heterocycles. The van der Waals surface area contributed by atoms with Gasteiger partial charge in [-0.15, -0.1) is 0 Å². The number of nitrogens with one attached hydrogen (secondary N) is 1. The van der Waals surface area contributed by atoms with Crippen LogP contribution in [0.25, 0.3) is 0 Å². The van der Waals surface area contributed by atoms with Gasteiger partial charge in [0.15, 0.2) is 0 Å². The molecule has 2 atom stereocenters. The largest absolute Gasteiger partial charge is 0.508 e. The average molecular weight is 504 g/mol. The van der Waals surface area contributed by atoms with E-state index in [2.05, 4.69) is 15.1 Å². The van der Waals surface area contributed by atoms with Crippen LogP contribution in [-0.2, 0) is 11.3 Å². The number of phenols is 1. The van der Waals surface area contributed by atoms with Crippen LogP contribution in [0.1, 0.15) is 25.8 Å². The summed E-state index contributed by atoms with van der Waals surface area (Å²) in [7, 11) is 0. The van der Waals surface area contributed by atoms with Crippen molar-refractivity contribution in [1.29, 1.82) is 0 Å². The number of anilines is 3. The molecule has 0 saturated carbocycles. The van der Waals surface area contributed by atoms with Gasteiger partial charge in [0.1, 0.15) is 5.75 Å². The number of carbonyl (C=O) groups is 1. The number of benzene rings is 3. The Morgan fingerprint density at radius 2 is 1.49 bits per heavy atom. The molecule has 2 amide bonds. The quantitative estimate of drug-likeness (QED) is 0.220. The van der Waals surface area contributed by atoms with Crippen molar-refractivity contribution in [2.24, 2.45) is 5.84 Å².